The Bertz CT molecular complexity index is 543. The van der Waals surface area contributed by atoms with Crippen molar-refractivity contribution in [3.05, 3.63) is 17.0 Å². The van der Waals surface area contributed by atoms with Crippen molar-refractivity contribution in [3.63, 3.8) is 0 Å². The van der Waals surface area contributed by atoms with Gasteiger partial charge in [0.2, 0.25) is 0 Å². The zero-order valence-electron chi connectivity index (χ0n) is 11.2. The summed E-state index contributed by atoms with van der Waals surface area (Å²) in [7, 11) is 0. The SMILES string of the molecule is O=C1OCCN1CCN1CCc2[nH]nc(C(F)(F)F)c2C1. The molecule has 9 heteroatoms. The lowest BCUT2D eigenvalue weighted by Crippen LogP contribution is -2.38. The number of ether oxygens (including phenoxy) is 1. The molecule has 3 rings (SSSR count). The van der Waals surface area contributed by atoms with E-state index in [0.717, 1.165) is 0 Å². The van der Waals surface area contributed by atoms with Gasteiger partial charge >= 0.3 is 12.3 Å². The van der Waals surface area contributed by atoms with Crippen LogP contribution in [-0.2, 0) is 23.9 Å². The van der Waals surface area contributed by atoms with Crippen LogP contribution in [0.15, 0.2) is 0 Å². The Morgan fingerprint density at radius 2 is 2.10 bits per heavy atom. The molecule has 0 radical (unpaired) electrons. The Labute approximate surface area is 118 Å². The van der Waals surface area contributed by atoms with E-state index in [-0.39, 0.29) is 18.2 Å². The van der Waals surface area contributed by atoms with Crippen molar-refractivity contribution in [1.82, 2.24) is 20.0 Å². The van der Waals surface area contributed by atoms with E-state index in [4.69, 9.17) is 4.74 Å². The number of hydrogen-bond donors (Lipinski definition) is 1. The van der Waals surface area contributed by atoms with Crippen molar-refractivity contribution in [3.8, 4) is 0 Å². The van der Waals surface area contributed by atoms with Crippen molar-refractivity contribution in [1.29, 1.82) is 0 Å². The molecule has 1 fully saturated rings. The summed E-state index contributed by atoms with van der Waals surface area (Å²) in [6.07, 6.45) is -4.29. The lowest BCUT2D eigenvalue weighted by molar-refractivity contribution is -0.142. The fraction of sp³-hybridized carbons (Fsp3) is 0.667. The third-order valence-electron chi connectivity index (χ3n) is 3.81. The topological polar surface area (TPSA) is 61.5 Å². The van der Waals surface area contributed by atoms with E-state index < -0.39 is 11.9 Å². The summed E-state index contributed by atoms with van der Waals surface area (Å²) in [5.74, 6) is 0. The fourth-order valence-electron chi connectivity index (χ4n) is 2.67. The summed E-state index contributed by atoms with van der Waals surface area (Å²) in [6, 6.07) is 0. The highest BCUT2D eigenvalue weighted by Gasteiger charge is 2.39. The summed E-state index contributed by atoms with van der Waals surface area (Å²) in [5, 5.41) is 5.87. The number of H-pyrrole nitrogens is 1. The standard InChI is InChI=1S/C12H15F3N4O2/c13-12(14,15)10-8-7-18(2-1-9(8)16-17-10)3-4-19-5-6-21-11(19)20/h1-7H2,(H,16,17). The first-order valence-electron chi connectivity index (χ1n) is 6.72. The Morgan fingerprint density at radius 1 is 1.29 bits per heavy atom. The van der Waals surface area contributed by atoms with Crippen molar-refractivity contribution >= 4 is 6.09 Å². The van der Waals surface area contributed by atoms with Crippen LogP contribution in [0.5, 0.6) is 0 Å². The summed E-state index contributed by atoms with van der Waals surface area (Å²) in [6.45, 7) is 2.75. The van der Waals surface area contributed by atoms with E-state index in [0.29, 0.717) is 44.9 Å². The van der Waals surface area contributed by atoms with Crippen LogP contribution in [0.1, 0.15) is 17.0 Å². The van der Waals surface area contributed by atoms with Crippen molar-refractivity contribution < 1.29 is 22.7 Å². The van der Waals surface area contributed by atoms with E-state index >= 15 is 0 Å². The quantitative estimate of drug-likeness (QED) is 0.912. The number of carbonyl (C=O) groups is 1. The Morgan fingerprint density at radius 3 is 2.76 bits per heavy atom. The fourth-order valence-corrected chi connectivity index (χ4v) is 2.67. The molecular weight excluding hydrogens is 289 g/mol. The monoisotopic (exact) mass is 304 g/mol. The number of cyclic esters (lactones) is 1. The van der Waals surface area contributed by atoms with Gasteiger partial charge in [-0.3, -0.25) is 10.00 Å². The molecule has 2 aliphatic heterocycles. The molecule has 1 aromatic heterocycles. The maximum Gasteiger partial charge on any atom is 0.435 e. The second-order valence-corrected chi connectivity index (χ2v) is 5.15. The summed E-state index contributed by atoms with van der Waals surface area (Å²) >= 11 is 0. The number of aromatic amines is 1. The number of halogens is 3. The van der Waals surface area contributed by atoms with Gasteiger partial charge < -0.3 is 9.64 Å². The van der Waals surface area contributed by atoms with Crippen molar-refractivity contribution in [2.45, 2.75) is 19.1 Å². The number of nitrogens with one attached hydrogen (secondary N) is 1. The molecule has 1 aromatic rings. The van der Waals surface area contributed by atoms with Gasteiger partial charge in [-0.1, -0.05) is 0 Å². The molecule has 2 aliphatic rings. The van der Waals surface area contributed by atoms with Gasteiger partial charge in [0.25, 0.3) is 0 Å². The number of fused-ring (bicyclic) bond motifs is 1. The minimum absolute atomic E-state index is 0.198. The minimum Gasteiger partial charge on any atom is -0.448 e. The lowest BCUT2D eigenvalue weighted by atomic mass is 10.1. The number of amides is 1. The molecule has 3 heterocycles. The van der Waals surface area contributed by atoms with Crippen LogP contribution in [0.25, 0.3) is 0 Å². The number of aromatic nitrogens is 2. The Balaban J connectivity index is 1.64. The molecule has 0 saturated carbocycles. The molecule has 6 nitrogen and oxygen atoms in total. The number of rotatable bonds is 3. The van der Waals surface area contributed by atoms with Crippen LogP contribution in [0, 0.1) is 0 Å². The number of hydrogen-bond acceptors (Lipinski definition) is 4. The van der Waals surface area contributed by atoms with Gasteiger partial charge in [-0.2, -0.15) is 18.3 Å². The zero-order chi connectivity index (χ0) is 15.0. The molecule has 1 N–H and O–H groups in total. The first-order valence-corrected chi connectivity index (χ1v) is 6.72. The third-order valence-corrected chi connectivity index (χ3v) is 3.81. The largest absolute Gasteiger partial charge is 0.448 e. The number of alkyl halides is 3. The van der Waals surface area contributed by atoms with Crippen LogP contribution >= 0.6 is 0 Å². The van der Waals surface area contributed by atoms with E-state index in [1.807, 2.05) is 4.90 Å². The normalized spacial score (nSPS) is 19.8. The average molecular weight is 304 g/mol. The predicted molar refractivity (Wildman–Crippen MR) is 65.5 cm³/mol. The van der Waals surface area contributed by atoms with E-state index in [2.05, 4.69) is 10.2 Å². The van der Waals surface area contributed by atoms with Crippen molar-refractivity contribution in [2.75, 3.05) is 32.8 Å². The molecule has 1 amide bonds. The molecule has 0 spiro atoms. The molecule has 0 atom stereocenters. The lowest BCUT2D eigenvalue weighted by Gasteiger charge is -2.28. The van der Waals surface area contributed by atoms with E-state index in [1.54, 1.807) is 4.90 Å². The molecule has 0 bridgehead atoms. The van der Waals surface area contributed by atoms with Crippen LogP contribution in [-0.4, -0.2) is 58.9 Å². The first-order chi connectivity index (χ1) is 9.95. The molecule has 1 saturated heterocycles. The first kappa shape index (κ1) is 14.2. The Kier molecular flexibility index (Phi) is 3.52. The summed E-state index contributed by atoms with van der Waals surface area (Å²) < 4.78 is 43.4. The molecule has 0 aromatic carbocycles. The minimum atomic E-state index is -4.44. The van der Waals surface area contributed by atoms with Crippen LogP contribution in [0.4, 0.5) is 18.0 Å². The predicted octanol–water partition coefficient (Wildman–Crippen LogP) is 1.24. The maximum absolute atomic E-state index is 12.8. The van der Waals surface area contributed by atoms with Gasteiger partial charge in [0, 0.05) is 43.9 Å². The van der Waals surface area contributed by atoms with Gasteiger partial charge in [-0.15, -0.1) is 0 Å². The second-order valence-electron chi connectivity index (χ2n) is 5.15. The average Bonchev–Trinajstić information content (AvgIpc) is 3.01. The highest BCUT2D eigenvalue weighted by molar-refractivity contribution is 5.69. The van der Waals surface area contributed by atoms with Gasteiger partial charge in [-0.25, -0.2) is 4.79 Å². The van der Waals surface area contributed by atoms with Crippen molar-refractivity contribution in [2.24, 2.45) is 0 Å². The molecular formula is C12H15F3N4O2. The van der Waals surface area contributed by atoms with Gasteiger partial charge in [-0.05, 0) is 0 Å². The summed E-state index contributed by atoms with van der Waals surface area (Å²) in [5.41, 5.74) is -0.0558. The smallest absolute Gasteiger partial charge is 0.435 e. The maximum atomic E-state index is 12.8. The van der Waals surface area contributed by atoms with Crippen LogP contribution < -0.4 is 0 Å². The molecule has 0 unspecified atom stereocenters. The van der Waals surface area contributed by atoms with Gasteiger partial charge in [0.05, 0.1) is 6.54 Å². The van der Waals surface area contributed by atoms with Crippen LogP contribution in [0.2, 0.25) is 0 Å². The highest BCUT2D eigenvalue weighted by Crippen LogP contribution is 2.33. The molecule has 21 heavy (non-hydrogen) atoms. The molecule has 116 valence electrons. The van der Waals surface area contributed by atoms with Crippen LogP contribution in [0.3, 0.4) is 0 Å². The Hall–Kier alpha value is -1.77. The highest BCUT2D eigenvalue weighted by atomic mass is 19.4. The zero-order valence-corrected chi connectivity index (χ0v) is 11.2. The van der Waals surface area contributed by atoms with Gasteiger partial charge in [0.1, 0.15) is 6.61 Å². The van der Waals surface area contributed by atoms with Gasteiger partial charge in [0.15, 0.2) is 5.69 Å². The summed E-state index contributed by atoms with van der Waals surface area (Å²) in [4.78, 5) is 14.8. The van der Waals surface area contributed by atoms with E-state index in [1.165, 1.54) is 0 Å². The third kappa shape index (κ3) is 2.82. The second kappa shape index (κ2) is 5.21. The number of carbonyl (C=O) groups excluding carboxylic acids is 1. The van der Waals surface area contributed by atoms with E-state index in [9.17, 15) is 18.0 Å². The number of nitrogens with zero attached hydrogens (tertiary/aromatic N) is 3. The molecule has 0 aliphatic carbocycles.